The van der Waals surface area contributed by atoms with Crippen molar-refractivity contribution in [3.8, 4) is 0 Å². The zero-order chi connectivity index (χ0) is 21.5. The van der Waals surface area contributed by atoms with Crippen molar-refractivity contribution in [3.05, 3.63) is 44.5 Å². The third kappa shape index (κ3) is 4.36. The van der Waals surface area contributed by atoms with Gasteiger partial charge in [0.15, 0.2) is 5.82 Å². The fourth-order valence-corrected chi connectivity index (χ4v) is 5.37. The molecule has 0 saturated carbocycles. The summed E-state index contributed by atoms with van der Waals surface area (Å²) in [6.07, 6.45) is 2.55. The van der Waals surface area contributed by atoms with Crippen LogP contribution in [-0.2, 0) is 0 Å². The van der Waals surface area contributed by atoms with Crippen LogP contribution in [0.25, 0.3) is 0 Å². The van der Waals surface area contributed by atoms with E-state index in [9.17, 15) is 0 Å². The molecule has 2 aliphatic heterocycles. The molecule has 1 atom stereocenters. The first-order valence-corrected chi connectivity index (χ1v) is 11.7. The number of anilines is 2. The van der Waals surface area contributed by atoms with Crippen LogP contribution in [0.4, 0.5) is 11.8 Å². The smallest absolute Gasteiger partial charge is 0.227 e. The lowest BCUT2D eigenvalue weighted by atomic mass is 9.73. The van der Waals surface area contributed by atoms with Crippen LogP contribution in [0.5, 0.6) is 0 Å². The van der Waals surface area contributed by atoms with Gasteiger partial charge < -0.3 is 15.1 Å². The van der Waals surface area contributed by atoms with Crippen molar-refractivity contribution in [1.82, 2.24) is 14.9 Å². The molecule has 5 nitrogen and oxygen atoms in total. The summed E-state index contributed by atoms with van der Waals surface area (Å²) in [6, 6.07) is 5.43. The lowest BCUT2D eigenvalue weighted by Crippen LogP contribution is -2.63. The van der Waals surface area contributed by atoms with Gasteiger partial charge in [-0.25, -0.2) is 4.98 Å². The summed E-state index contributed by atoms with van der Waals surface area (Å²) in [5, 5.41) is 5.19. The lowest BCUT2D eigenvalue weighted by Gasteiger charge is -2.54. The Morgan fingerprint density at radius 3 is 2.63 bits per heavy atom. The van der Waals surface area contributed by atoms with Gasteiger partial charge >= 0.3 is 0 Å². The Kier molecular flexibility index (Phi) is 6.36. The lowest BCUT2D eigenvalue weighted by molar-refractivity contribution is 0.0643. The average Bonchev–Trinajstić information content (AvgIpc) is 2.69. The molecule has 8 heteroatoms. The summed E-state index contributed by atoms with van der Waals surface area (Å²) in [6.45, 7) is 11.7. The molecular formula is C22H28Cl3N5. The van der Waals surface area contributed by atoms with Crippen LogP contribution in [0, 0.1) is 12.3 Å². The molecule has 1 spiro atoms. The molecule has 1 N–H and O–H groups in total. The van der Waals surface area contributed by atoms with Crippen molar-refractivity contribution in [1.29, 1.82) is 0 Å². The summed E-state index contributed by atoms with van der Waals surface area (Å²) < 4.78 is 0. The van der Waals surface area contributed by atoms with Crippen LogP contribution in [-0.4, -0.2) is 47.6 Å². The van der Waals surface area contributed by atoms with Gasteiger partial charge in [0.1, 0.15) is 5.02 Å². The average molecular weight is 469 g/mol. The first-order chi connectivity index (χ1) is 14.3. The Labute approximate surface area is 193 Å². The monoisotopic (exact) mass is 467 g/mol. The van der Waals surface area contributed by atoms with Crippen LogP contribution < -0.4 is 10.2 Å². The summed E-state index contributed by atoms with van der Waals surface area (Å²) in [7, 11) is 0. The molecule has 2 fully saturated rings. The maximum atomic E-state index is 6.54. The van der Waals surface area contributed by atoms with E-state index in [1.165, 1.54) is 25.9 Å². The van der Waals surface area contributed by atoms with Crippen LogP contribution in [0.3, 0.4) is 0 Å². The molecule has 4 rings (SSSR count). The summed E-state index contributed by atoms with van der Waals surface area (Å²) >= 11 is 19.0. The number of hydrogen-bond donors (Lipinski definition) is 1. The van der Waals surface area contributed by atoms with Crippen LogP contribution in [0.2, 0.25) is 15.1 Å². The summed E-state index contributed by atoms with van der Waals surface area (Å²) in [5.41, 5.74) is 2.10. The van der Waals surface area contributed by atoms with Crippen molar-refractivity contribution < 1.29 is 0 Å². The SMILES string of the molecule is CCN1CCCC2(C1)CN(c1nc(C)c(Cl)c(NC(C)c3ccc(Cl)cc3Cl)n1)C2. The molecule has 0 bridgehead atoms. The van der Waals surface area contributed by atoms with Gasteiger partial charge in [-0.15, -0.1) is 0 Å². The number of likely N-dealkylation sites (tertiary alicyclic amines) is 1. The van der Waals surface area contributed by atoms with E-state index in [0.717, 1.165) is 36.8 Å². The molecule has 0 aliphatic carbocycles. The van der Waals surface area contributed by atoms with E-state index < -0.39 is 0 Å². The number of nitrogens with one attached hydrogen (secondary N) is 1. The highest BCUT2D eigenvalue weighted by molar-refractivity contribution is 6.35. The fraction of sp³-hybridized carbons (Fsp3) is 0.545. The minimum atomic E-state index is -0.0754. The molecule has 30 heavy (non-hydrogen) atoms. The molecule has 162 valence electrons. The Hall–Kier alpha value is -1.27. The highest BCUT2D eigenvalue weighted by Crippen LogP contribution is 2.41. The van der Waals surface area contributed by atoms with Gasteiger partial charge in [0.2, 0.25) is 5.95 Å². The number of benzene rings is 1. The second-order valence-corrected chi connectivity index (χ2v) is 9.85. The van der Waals surface area contributed by atoms with Crippen LogP contribution in [0.15, 0.2) is 18.2 Å². The predicted octanol–water partition coefficient (Wildman–Crippen LogP) is 5.84. The van der Waals surface area contributed by atoms with Gasteiger partial charge in [0, 0.05) is 35.1 Å². The molecule has 1 unspecified atom stereocenters. The first-order valence-electron chi connectivity index (χ1n) is 10.5. The molecule has 1 aromatic carbocycles. The maximum Gasteiger partial charge on any atom is 0.227 e. The standard InChI is InChI=1S/C22H28Cl3N5/c1-4-29-9-5-8-22(11-29)12-30(13-22)21-27-15(3)19(25)20(28-21)26-14(2)17-7-6-16(23)10-18(17)24/h6-7,10,14H,4-5,8-9,11-13H2,1-3H3,(H,26,27,28). The molecule has 2 aromatic rings. The van der Waals surface area contributed by atoms with E-state index in [2.05, 4.69) is 27.0 Å². The molecule has 0 radical (unpaired) electrons. The van der Waals surface area contributed by atoms with Crippen molar-refractivity contribution in [2.75, 3.05) is 42.9 Å². The van der Waals surface area contributed by atoms with E-state index in [0.29, 0.717) is 26.3 Å². The normalized spacial score (nSPS) is 19.6. The molecule has 2 aliphatic rings. The minimum Gasteiger partial charge on any atom is -0.362 e. The number of nitrogens with zero attached hydrogens (tertiary/aromatic N) is 4. The Morgan fingerprint density at radius 2 is 1.93 bits per heavy atom. The van der Waals surface area contributed by atoms with E-state index in [1.807, 2.05) is 26.0 Å². The maximum absolute atomic E-state index is 6.54. The fourth-order valence-electron chi connectivity index (χ4n) is 4.66. The van der Waals surface area contributed by atoms with Crippen molar-refractivity contribution >= 4 is 46.6 Å². The van der Waals surface area contributed by atoms with E-state index in [-0.39, 0.29) is 6.04 Å². The predicted molar refractivity (Wildman–Crippen MR) is 126 cm³/mol. The first kappa shape index (κ1) is 21.9. The van der Waals surface area contributed by atoms with E-state index in [4.69, 9.17) is 39.8 Å². The summed E-state index contributed by atoms with van der Waals surface area (Å²) in [4.78, 5) is 14.3. The van der Waals surface area contributed by atoms with Gasteiger partial charge in [-0.1, -0.05) is 47.8 Å². The number of rotatable bonds is 5. The molecular weight excluding hydrogens is 441 g/mol. The van der Waals surface area contributed by atoms with Crippen molar-refractivity contribution in [3.63, 3.8) is 0 Å². The third-order valence-corrected chi connectivity index (χ3v) is 7.33. The molecule has 3 heterocycles. The number of aryl methyl sites for hydroxylation is 1. The van der Waals surface area contributed by atoms with Crippen LogP contribution >= 0.6 is 34.8 Å². The van der Waals surface area contributed by atoms with Gasteiger partial charge in [-0.3, -0.25) is 0 Å². The molecule has 1 aromatic heterocycles. The molecule has 0 amide bonds. The van der Waals surface area contributed by atoms with Gasteiger partial charge in [-0.05, 0) is 57.5 Å². The topological polar surface area (TPSA) is 44.3 Å². The number of halogens is 3. The second-order valence-electron chi connectivity index (χ2n) is 8.63. The summed E-state index contributed by atoms with van der Waals surface area (Å²) in [5.74, 6) is 1.38. The zero-order valence-corrected chi connectivity index (χ0v) is 19.9. The number of piperidine rings is 1. The highest BCUT2D eigenvalue weighted by Gasteiger charge is 2.46. The number of hydrogen-bond acceptors (Lipinski definition) is 5. The van der Waals surface area contributed by atoms with Gasteiger partial charge in [0.05, 0.1) is 11.7 Å². The van der Waals surface area contributed by atoms with Gasteiger partial charge in [0.25, 0.3) is 0 Å². The van der Waals surface area contributed by atoms with E-state index in [1.54, 1.807) is 6.07 Å². The molecule has 2 saturated heterocycles. The highest BCUT2D eigenvalue weighted by atomic mass is 35.5. The Balaban J connectivity index is 1.51. The largest absolute Gasteiger partial charge is 0.362 e. The van der Waals surface area contributed by atoms with Crippen LogP contribution in [0.1, 0.15) is 44.0 Å². The quantitative estimate of drug-likeness (QED) is 0.597. The van der Waals surface area contributed by atoms with Gasteiger partial charge in [-0.2, -0.15) is 4.98 Å². The Bertz CT molecular complexity index is 929. The number of aromatic nitrogens is 2. The second kappa shape index (κ2) is 8.70. The van der Waals surface area contributed by atoms with E-state index >= 15 is 0 Å². The minimum absolute atomic E-state index is 0.0754. The third-order valence-electron chi connectivity index (χ3n) is 6.31. The van der Waals surface area contributed by atoms with Crippen molar-refractivity contribution in [2.24, 2.45) is 5.41 Å². The van der Waals surface area contributed by atoms with Crippen molar-refractivity contribution in [2.45, 2.75) is 39.7 Å². The zero-order valence-electron chi connectivity index (χ0n) is 17.7. The Morgan fingerprint density at radius 1 is 1.17 bits per heavy atom.